The summed E-state index contributed by atoms with van der Waals surface area (Å²) in [5.41, 5.74) is 0.354. The van der Waals surface area contributed by atoms with Crippen LogP contribution in [0, 0.1) is 46.3 Å². The molecule has 10 unspecified atom stereocenters. The minimum Gasteiger partial charge on any atom is -0.748 e. The van der Waals surface area contributed by atoms with Crippen LogP contribution in [0.3, 0.4) is 0 Å². The molecule has 36 heavy (non-hydrogen) atoms. The van der Waals surface area contributed by atoms with Gasteiger partial charge in [-0.3, -0.25) is 4.79 Å². The predicted octanol–water partition coefficient (Wildman–Crippen LogP) is -0.766. The number of amides is 1. The van der Waals surface area contributed by atoms with Crippen molar-refractivity contribution in [2.45, 2.75) is 97.2 Å². The number of nitrogens with one attached hydrogen (secondary N) is 1. The zero-order valence-electron chi connectivity index (χ0n) is 22.5. The topological polar surface area (TPSA) is 158 Å². The number of aliphatic hydroxyl groups is 2. The smallest absolute Gasteiger partial charge is 0.748 e. The van der Waals surface area contributed by atoms with Gasteiger partial charge in [0.05, 0.1) is 28.1 Å². The molecule has 0 aromatic carbocycles. The van der Waals surface area contributed by atoms with Gasteiger partial charge in [0, 0.05) is 13.0 Å². The molecule has 0 bridgehead atoms. The van der Waals surface area contributed by atoms with Crippen molar-refractivity contribution in [2.24, 2.45) is 46.3 Å². The van der Waals surface area contributed by atoms with Crippen molar-refractivity contribution in [2.75, 3.05) is 12.3 Å². The van der Waals surface area contributed by atoms with E-state index in [1.54, 1.807) is 0 Å². The number of carbonyl (C=O) groups excluding carboxylic acids is 1. The summed E-state index contributed by atoms with van der Waals surface area (Å²) < 4.78 is 32.2. The van der Waals surface area contributed by atoms with Gasteiger partial charge in [0.2, 0.25) is 5.91 Å². The Kier molecular flexibility index (Phi) is 11.0. The zero-order valence-corrected chi connectivity index (χ0v) is 25.4. The minimum absolute atomic E-state index is 0. The Hall–Kier alpha value is 0.260. The first-order valence-electron chi connectivity index (χ1n) is 13.4. The standard InChI is InChI=1S/C26H45NO6S.Na.H2O/c1-16(4-7-24(30)27-12-13-34(31,32)33)19-5-6-20-18-15-23(29)22-14-17(28)8-10-26(22,3)21(18)9-11-25(19,20)2;;/h16-23,28-29H,4-15H2,1-3H3,(H,27,30)(H,31,32,33);;1H2/q;+1;/p-1. The van der Waals surface area contributed by atoms with Crippen LogP contribution in [0.5, 0.6) is 0 Å². The van der Waals surface area contributed by atoms with Crippen LogP contribution in [-0.4, -0.2) is 59.1 Å². The summed E-state index contributed by atoms with van der Waals surface area (Å²) in [5, 5.41) is 24.0. The van der Waals surface area contributed by atoms with Crippen molar-refractivity contribution in [1.82, 2.24) is 5.32 Å². The molecule has 0 aliphatic heterocycles. The van der Waals surface area contributed by atoms with Gasteiger partial charge < -0.3 is 25.6 Å². The largest absolute Gasteiger partial charge is 1.00 e. The molecule has 4 saturated carbocycles. The van der Waals surface area contributed by atoms with Gasteiger partial charge in [0.1, 0.15) is 0 Å². The van der Waals surface area contributed by atoms with E-state index < -0.39 is 15.9 Å². The molecule has 0 saturated heterocycles. The molecule has 0 spiro atoms. The quantitative estimate of drug-likeness (QED) is 0.285. The molecular weight excluding hydrogens is 493 g/mol. The van der Waals surface area contributed by atoms with E-state index in [4.69, 9.17) is 0 Å². The van der Waals surface area contributed by atoms with E-state index in [1.807, 2.05) is 0 Å². The van der Waals surface area contributed by atoms with Crippen molar-refractivity contribution < 1.29 is 63.0 Å². The summed E-state index contributed by atoms with van der Waals surface area (Å²) in [7, 11) is -4.31. The Balaban J connectivity index is 0.00000228. The van der Waals surface area contributed by atoms with Gasteiger partial charge >= 0.3 is 29.6 Å². The van der Waals surface area contributed by atoms with Crippen LogP contribution in [0.15, 0.2) is 0 Å². The number of fused-ring (bicyclic) bond motifs is 5. The third kappa shape index (κ3) is 6.35. The van der Waals surface area contributed by atoms with Gasteiger partial charge in [-0.05, 0) is 104 Å². The maximum absolute atomic E-state index is 12.2. The van der Waals surface area contributed by atoms with Gasteiger partial charge in [0.15, 0.2) is 0 Å². The van der Waals surface area contributed by atoms with Gasteiger partial charge in [-0.25, -0.2) is 8.42 Å². The van der Waals surface area contributed by atoms with Crippen LogP contribution in [0.4, 0.5) is 0 Å². The van der Waals surface area contributed by atoms with E-state index in [0.29, 0.717) is 36.0 Å². The van der Waals surface area contributed by atoms with Gasteiger partial charge in [-0.15, -0.1) is 0 Å². The average Bonchev–Trinajstić information content (AvgIpc) is 3.10. The van der Waals surface area contributed by atoms with E-state index in [-0.39, 0.29) is 76.4 Å². The summed E-state index contributed by atoms with van der Waals surface area (Å²) in [5.74, 6) is 2.17. The van der Waals surface area contributed by atoms with Gasteiger partial charge in [-0.2, -0.15) is 0 Å². The van der Waals surface area contributed by atoms with Crippen LogP contribution < -0.4 is 34.9 Å². The van der Waals surface area contributed by atoms with Crippen molar-refractivity contribution in [3.05, 3.63) is 0 Å². The summed E-state index contributed by atoms with van der Waals surface area (Å²) in [6.45, 7) is 6.96. The maximum atomic E-state index is 12.2. The first-order chi connectivity index (χ1) is 15.8. The van der Waals surface area contributed by atoms with E-state index in [1.165, 1.54) is 19.3 Å². The molecular formula is C26H46NNaO7S. The van der Waals surface area contributed by atoms with E-state index >= 15 is 0 Å². The second kappa shape index (κ2) is 12.2. The molecule has 0 aromatic rings. The van der Waals surface area contributed by atoms with Crippen LogP contribution >= 0.6 is 0 Å². The summed E-state index contributed by atoms with van der Waals surface area (Å²) in [4.78, 5) is 12.2. The summed E-state index contributed by atoms with van der Waals surface area (Å²) in [6, 6.07) is 0. The van der Waals surface area contributed by atoms with Gasteiger partial charge in [0.25, 0.3) is 0 Å². The number of carbonyl (C=O) groups is 1. The molecule has 4 rings (SSSR count). The Morgan fingerprint density at radius 1 is 1.03 bits per heavy atom. The first kappa shape index (κ1) is 32.5. The molecule has 5 N–H and O–H groups in total. The fourth-order valence-electron chi connectivity index (χ4n) is 9.22. The Bertz CT molecular complexity index is 872. The fraction of sp³-hybridized carbons (Fsp3) is 0.962. The molecule has 10 atom stereocenters. The molecule has 1 amide bonds. The van der Waals surface area contributed by atoms with Crippen molar-refractivity contribution in [3.63, 3.8) is 0 Å². The molecule has 0 heterocycles. The van der Waals surface area contributed by atoms with Crippen molar-refractivity contribution in [3.8, 4) is 0 Å². The summed E-state index contributed by atoms with van der Waals surface area (Å²) in [6.07, 6.45) is 8.75. The second-order valence-corrected chi connectivity index (χ2v) is 14.1. The Morgan fingerprint density at radius 2 is 1.67 bits per heavy atom. The maximum Gasteiger partial charge on any atom is 1.00 e. The molecule has 10 heteroatoms. The van der Waals surface area contributed by atoms with E-state index in [0.717, 1.165) is 38.5 Å². The van der Waals surface area contributed by atoms with Crippen LogP contribution in [0.1, 0.15) is 85.0 Å². The average molecular weight is 540 g/mol. The molecule has 4 aliphatic rings. The molecule has 0 aromatic heterocycles. The third-order valence-electron chi connectivity index (χ3n) is 10.9. The van der Waals surface area contributed by atoms with E-state index in [2.05, 4.69) is 26.1 Å². The molecule has 4 fully saturated rings. The van der Waals surface area contributed by atoms with Crippen molar-refractivity contribution >= 4 is 16.0 Å². The Morgan fingerprint density at radius 3 is 2.33 bits per heavy atom. The third-order valence-corrected chi connectivity index (χ3v) is 11.6. The number of hydrogen-bond donors (Lipinski definition) is 3. The monoisotopic (exact) mass is 539 g/mol. The molecule has 4 aliphatic carbocycles. The molecule has 204 valence electrons. The number of aliphatic hydroxyl groups excluding tert-OH is 2. The first-order valence-corrected chi connectivity index (χ1v) is 15.0. The molecule has 8 nitrogen and oxygen atoms in total. The summed E-state index contributed by atoms with van der Waals surface area (Å²) >= 11 is 0. The zero-order chi connectivity index (χ0) is 24.9. The Labute approximate surface area is 239 Å². The van der Waals surface area contributed by atoms with E-state index in [9.17, 15) is 28.0 Å². The van der Waals surface area contributed by atoms with Crippen molar-refractivity contribution in [1.29, 1.82) is 0 Å². The molecule has 0 radical (unpaired) electrons. The number of rotatable bonds is 7. The predicted molar refractivity (Wildman–Crippen MR) is 132 cm³/mol. The second-order valence-electron chi connectivity index (χ2n) is 12.6. The normalized spacial score (nSPS) is 42.6. The number of hydrogen-bond acceptors (Lipinski definition) is 6. The minimum atomic E-state index is -4.31. The van der Waals surface area contributed by atoms with Crippen LogP contribution in [0.2, 0.25) is 0 Å². The SMILES string of the molecule is CC(CCC(=O)NCCS(=O)(=O)[O-])C1CCC2C3CC(O)C4CC(O)CCC4(C)C3CCC12C.O.[Na+]. The van der Waals surface area contributed by atoms with Crippen LogP contribution in [-0.2, 0) is 14.9 Å². The van der Waals surface area contributed by atoms with Gasteiger partial charge in [-0.1, -0.05) is 20.8 Å². The van der Waals surface area contributed by atoms with Crippen LogP contribution in [0.25, 0.3) is 0 Å². The fourth-order valence-corrected chi connectivity index (χ4v) is 9.57.